The van der Waals surface area contributed by atoms with Gasteiger partial charge in [-0.15, -0.1) is 0 Å². The third-order valence-electron chi connectivity index (χ3n) is 3.12. The lowest BCUT2D eigenvalue weighted by Gasteiger charge is -2.20. The standard InChI is InChI=1S/C14H13N3O/c15-7-10(8-16)9-17-13-5-6-14(18)12-4-2-1-3-11(12)13/h5-6,9,17-18H,1-4H2. The summed E-state index contributed by atoms with van der Waals surface area (Å²) >= 11 is 0. The number of nitrogens with one attached hydrogen (secondary N) is 1. The van der Waals surface area contributed by atoms with Crippen LogP contribution in [0.4, 0.5) is 5.69 Å². The summed E-state index contributed by atoms with van der Waals surface area (Å²) in [6.45, 7) is 0. The van der Waals surface area contributed by atoms with Crippen LogP contribution in [0.5, 0.6) is 5.75 Å². The second-order valence-electron chi connectivity index (χ2n) is 4.22. The number of benzene rings is 1. The van der Waals surface area contributed by atoms with Crippen LogP contribution in [0, 0.1) is 22.7 Å². The van der Waals surface area contributed by atoms with Gasteiger partial charge in [-0.05, 0) is 48.9 Å². The molecule has 1 aromatic carbocycles. The van der Waals surface area contributed by atoms with Crippen molar-refractivity contribution in [1.29, 1.82) is 10.5 Å². The summed E-state index contributed by atoms with van der Waals surface area (Å²) in [6, 6.07) is 7.03. The van der Waals surface area contributed by atoms with Crippen molar-refractivity contribution in [3.8, 4) is 17.9 Å². The van der Waals surface area contributed by atoms with Gasteiger partial charge in [0.05, 0.1) is 0 Å². The predicted octanol–water partition coefficient (Wildman–Crippen LogP) is 2.61. The molecule has 0 aliphatic heterocycles. The maximum Gasteiger partial charge on any atom is 0.145 e. The van der Waals surface area contributed by atoms with Crippen LogP contribution in [0.1, 0.15) is 24.0 Å². The quantitative estimate of drug-likeness (QED) is 0.614. The first-order chi connectivity index (χ1) is 8.76. The van der Waals surface area contributed by atoms with Gasteiger partial charge in [-0.2, -0.15) is 10.5 Å². The van der Waals surface area contributed by atoms with Gasteiger partial charge < -0.3 is 10.4 Å². The Morgan fingerprint density at radius 3 is 2.50 bits per heavy atom. The fraction of sp³-hybridized carbons (Fsp3) is 0.286. The minimum absolute atomic E-state index is 0.0348. The van der Waals surface area contributed by atoms with E-state index in [1.54, 1.807) is 24.3 Å². The number of phenolic OH excluding ortho intramolecular Hbond substituents is 1. The Morgan fingerprint density at radius 2 is 1.83 bits per heavy atom. The predicted molar refractivity (Wildman–Crippen MR) is 67.7 cm³/mol. The average Bonchev–Trinajstić information content (AvgIpc) is 2.42. The van der Waals surface area contributed by atoms with Crippen LogP contribution in [-0.2, 0) is 12.8 Å². The zero-order valence-corrected chi connectivity index (χ0v) is 9.90. The number of aromatic hydroxyl groups is 1. The smallest absolute Gasteiger partial charge is 0.145 e. The van der Waals surface area contributed by atoms with Gasteiger partial charge in [-0.1, -0.05) is 0 Å². The van der Waals surface area contributed by atoms with Gasteiger partial charge in [0, 0.05) is 11.9 Å². The van der Waals surface area contributed by atoms with E-state index in [-0.39, 0.29) is 5.57 Å². The second-order valence-corrected chi connectivity index (χ2v) is 4.22. The first-order valence-electron chi connectivity index (χ1n) is 5.87. The number of rotatable bonds is 2. The molecule has 1 aliphatic rings. The van der Waals surface area contributed by atoms with Crippen LogP contribution in [0.3, 0.4) is 0 Å². The topological polar surface area (TPSA) is 79.8 Å². The molecule has 90 valence electrons. The highest BCUT2D eigenvalue weighted by atomic mass is 16.3. The summed E-state index contributed by atoms with van der Waals surface area (Å²) in [5.41, 5.74) is 2.97. The molecule has 2 rings (SSSR count). The molecule has 4 heteroatoms. The lowest BCUT2D eigenvalue weighted by Crippen LogP contribution is -2.06. The van der Waals surface area contributed by atoms with Gasteiger partial charge in [0.1, 0.15) is 23.5 Å². The summed E-state index contributed by atoms with van der Waals surface area (Å²) in [7, 11) is 0. The van der Waals surface area contributed by atoms with Crippen molar-refractivity contribution in [2.24, 2.45) is 0 Å². The van der Waals surface area contributed by atoms with Crippen LogP contribution < -0.4 is 5.32 Å². The zero-order chi connectivity index (χ0) is 13.0. The molecule has 2 N–H and O–H groups in total. The molecular formula is C14H13N3O. The van der Waals surface area contributed by atoms with Crippen molar-refractivity contribution in [3.63, 3.8) is 0 Å². The van der Waals surface area contributed by atoms with E-state index in [0.29, 0.717) is 5.75 Å². The van der Waals surface area contributed by atoms with E-state index in [1.165, 1.54) is 6.20 Å². The molecule has 0 amide bonds. The molecule has 0 fully saturated rings. The molecule has 18 heavy (non-hydrogen) atoms. The lowest BCUT2D eigenvalue weighted by molar-refractivity contribution is 0.462. The van der Waals surface area contributed by atoms with E-state index in [4.69, 9.17) is 10.5 Å². The number of hydrogen-bond donors (Lipinski definition) is 2. The molecule has 0 atom stereocenters. The second kappa shape index (κ2) is 5.25. The number of nitriles is 2. The minimum Gasteiger partial charge on any atom is -0.508 e. The Balaban J connectivity index is 2.33. The largest absolute Gasteiger partial charge is 0.508 e. The Kier molecular flexibility index (Phi) is 3.50. The lowest BCUT2D eigenvalue weighted by atomic mass is 9.89. The summed E-state index contributed by atoms with van der Waals surface area (Å²) < 4.78 is 0. The van der Waals surface area contributed by atoms with Crippen molar-refractivity contribution in [3.05, 3.63) is 35.0 Å². The Bertz CT molecular complexity index is 560. The van der Waals surface area contributed by atoms with Gasteiger partial charge in [0.25, 0.3) is 0 Å². The maximum atomic E-state index is 9.80. The summed E-state index contributed by atoms with van der Waals surface area (Å²) in [5, 5.41) is 30.1. The molecule has 0 radical (unpaired) electrons. The molecule has 0 bridgehead atoms. The molecule has 1 aromatic rings. The van der Waals surface area contributed by atoms with Crippen molar-refractivity contribution in [2.75, 3.05) is 5.32 Å². The molecular weight excluding hydrogens is 226 g/mol. The molecule has 0 saturated heterocycles. The van der Waals surface area contributed by atoms with Crippen LogP contribution in [-0.4, -0.2) is 5.11 Å². The monoisotopic (exact) mass is 239 g/mol. The van der Waals surface area contributed by atoms with E-state index in [0.717, 1.165) is 42.5 Å². The van der Waals surface area contributed by atoms with Crippen molar-refractivity contribution in [1.82, 2.24) is 0 Å². The molecule has 0 unspecified atom stereocenters. The fourth-order valence-corrected chi connectivity index (χ4v) is 2.22. The van der Waals surface area contributed by atoms with E-state index in [9.17, 15) is 5.11 Å². The number of phenols is 1. The summed E-state index contributed by atoms with van der Waals surface area (Å²) in [4.78, 5) is 0. The highest BCUT2D eigenvalue weighted by molar-refractivity contribution is 5.61. The van der Waals surface area contributed by atoms with E-state index in [2.05, 4.69) is 5.32 Å². The van der Waals surface area contributed by atoms with Crippen molar-refractivity contribution < 1.29 is 5.11 Å². The average molecular weight is 239 g/mol. The van der Waals surface area contributed by atoms with Gasteiger partial charge >= 0.3 is 0 Å². The summed E-state index contributed by atoms with van der Waals surface area (Å²) in [6.07, 6.45) is 5.37. The van der Waals surface area contributed by atoms with Crippen LogP contribution in [0.2, 0.25) is 0 Å². The van der Waals surface area contributed by atoms with Gasteiger partial charge in [-0.3, -0.25) is 0 Å². The van der Waals surface area contributed by atoms with Crippen LogP contribution in [0.25, 0.3) is 0 Å². The third kappa shape index (κ3) is 2.28. The first kappa shape index (κ1) is 12.0. The summed E-state index contributed by atoms with van der Waals surface area (Å²) in [5.74, 6) is 0.333. The highest BCUT2D eigenvalue weighted by Gasteiger charge is 2.16. The molecule has 1 aliphatic carbocycles. The zero-order valence-electron chi connectivity index (χ0n) is 9.90. The SMILES string of the molecule is N#CC(C#N)=CNc1ccc(O)c2c1CCCC2. The van der Waals surface area contributed by atoms with Crippen molar-refractivity contribution in [2.45, 2.75) is 25.7 Å². The van der Waals surface area contributed by atoms with Gasteiger partial charge in [0.2, 0.25) is 0 Å². The number of fused-ring (bicyclic) bond motifs is 1. The van der Waals surface area contributed by atoms with Gasteiger partial charge in [-0.25, -0.2) is 0 Å². The van der Waals surface area contributed by atoms with Crippen LogP contribution in [0.15, 0.2) is 23.9 Å². The maximum absolute atomic E-state index is 9.80. The molecule has 0 heterocycles. The first-order valence-corrected chi connectivity index (χ1v) is 5.87. The van der Waals surface area contributed by atoms with Crippen LogP contribution >= 0.6 is 0 Å². The van der Waals surface area contributed by atoms with E-state index < -0.39 is 0 Å². The van der Waals surface area contributed by atoms with E-state index in [1.807, 2.05) is 0 Å². The minimum atomic E-state index is 0.0348. The normalized spacial score (nSPS) is 12.8. The van der Waals surface area contributed by atoms with Crippen molar-refractivity contribution >= 4 is 5.69 Å². The number of anilines is 1. The molecule has 4 nitrogen and oxygen atoms in total. The fourth-order valence-electron chi connectivity index (χ4n) is 2.22. The Morgan fingerprint density at radius 1 is 1.17 bits per heavy atom. The number of nitrogens with zero attached hydrogens (tertiary/aromatic N) is 2. The molecule has 0 aromatic heterocycles. The Labute approximate surface area is 106 Å². The molecule has 0 spiro atoms. The highest BCUT2D eigenvalue weighted by Crippen LogP contribution is 2.34. The number of allylic oxidation sites excluding steroid dienone is 1. The van der Waals surface area contributed by atoms with E-state index >= 15 is 0 Å². The third-order valence-corrected chi connectivity index (χ3v) is 3.12. The van der Waals surface area contributed by atoms with Gasteiger partial charge in [0.15, 0.2) is 0 Å². The Hall–Kier alpha value is -2.46. The number of hydrogen-bond acceptors (Lipinski definition) is 4. The molecule has 0 saturated carbocycles.